The molecule has 15 heavy (non-hydrogen) atoms. The Balaban J connectivity index is 3.15. The first kappa shape index (κ1) is 11.7. The van der Waals surface area contributed by atoms with Crippen molar-refractivity contribution in [2.45, 2.75) is 40.5 Å². The fourth-order valence-electron chi connectivity index (χ4n) is 1.59. The van der Waals surface area contributed by atoms with Crippen LogP contribution in [0.2, 0.25) is 0 Å². The normalized spacial score (nSPS) is 11.9. The highest BCUT2D eigenvalue weighted by Crippen LogP contribution is 2.03. The number of pyridine rings is 1. The topological polar surface area (TPSA) is 34.4 Å². The molecule has 3 heteroatoms. The van der Waals surface area contributed by atoms with Crippen LogP contribution in [0, 0.1) is 13.8 Å². The Morgan fingerprint density at radius 1 is 1.33 bits per heavy atom. The molecule has 82 valence electrons. The molecule has 0 aromatic carbocycles. The van der Waals surface area contributed by atoms with Crippen LogP contribution in [0.4, 0.5) is 0 Å². The monoisotopic (exact) mass is 206 g/mol. The zero-order chi connectivity index (χ0) is 11.4. The Morgan fingerprint density at radius 3 is 2.33 bits per heavy atom. The summed E-state index contributed by atoms with van der Waals surface area (Å²) in [6.45, 7) is 7.94. The lowest BCUT2D eigenvalue weighted by molar-refractivity contribution is 0.775. The van der Waals surface area contributed by atoms with E-state index in [0.29, 0.717) is 0 Å². The first-order chi connectivity index (χ1) is 7.04. The van der Waals surface area contributed by atoms with Gasteiger partial charge in [0.05, 0.1) is 0 Å². The molecular weight excluding hydrogens is 188 g/mol. The first-order valence-corrected chi connectivity index (χ1v) is 5.29. The van der Waals surface area contributed by atoms with Gasteiger partial charge in [-0.1, -0.05) is 13.3 Å². The van der Waals surface area contributed by atoms with E-state index in [1.165, 1.54) is 0 Å². The maximum Gasteiger partial charge on any atom is 0.182 e. The van der Waals surface area contributed by atoms with Crippen LogP contribution < -0.4 is 5.43 Å². The van der Waals surface area contributed by atoms with Crippen molar-refractivity contribution in [3.8, 4) is 0 Å². The van der Waals surface area contributed by atoms with Crippen LogP contribution in [0.1, 0.15) is 38.1 Å². The molecule has 1 rings (SSSR count). The fourth-order valence-corrected chi connectivity index (χ4v) is 1.59. The Bertz CT molecular complexity index is 403. The highest BCUT2D eigenvalue weighted by molar-refractivity contribution is 5.81. The van der Waals surface area contributed by atoms with E-state index in [2.05, 4.69) is 12.0 Å². The molecule has 3 nitrogen and oxygen atoms in total. The lowest BCUT2D eigenvalue weighted by Crippen LogP contribution is -2.10. The molecule has 0 fully saturated rings. The lowest BCUT2D eigenvalue weighted by atomic mass is 10.2. The van der Waals surface area contributed by atoms with Gasteiger partial charge in [-0.15, -0.1) is 0 Å². The first-order valence-electron chi connectivity index (χ1n) is 5.29. The van der Waals surface area contributed by atoms with Crippen LogP contribution >= 0.6 is 0 Å². The summed E-state index contributed by atoms with van der Waals surface area (Å²) in [6.07, 6.45) is 2.08. The predicted molar refractivity (Wildman–Crippen MR) is 63.6 cm³/mol. The Kier molecular flexibility index (Phi) is 3.83. The van der Waals surface area contributed by atoms with Gasteiger partial charge < -0.3 is 0 Å². The molecule has 0 atom stereocenters. The van der Waals surface area contributed by atoms with E-state index in [-0.39, 0.29) is 5.43 Å². The molecule has 0 aliphatic heterocycles. The van der Waals surface area contributed by atoms with E-state index < -0.39 is 0 Å². The number of nitrogens with zero attached hydrogens (tertiary/aromatic N) is 2. The van der Waals surface area contributed by atoms with Gasteiger partial charge in [-0.3, -0.25) is 4.79 Å². The molecule has 0 amide bonds. The predicted octanol–water partition coefficient (Wildman–Crippen LogP) is 2.49. The largest absolute Gasteiger partial charge is 0.290 e. The number of hydrogen-bond donors (Lipinski definition) is 0. The van der Waals surface area contributed by atoms with Gasteiger partial charge in [0.1, 0.15) is 0 Å². The molecule has 0 N–H and O–H groups in total. The Morgan fingerprint density at radius 2 is 1.87 bits per heavy atom. The summed E-state index contributed by atoms with van der Waals surface area (Å²) in [5.74, 6) is 0. The average molecular weight is 206 g/mol. The number of hydrogen-bond acceptors (Lipinski definition) is 2. The van der Waals surface area contributed by atoms with Crippen molar-refractivity contribution in [2.75, 3.05) is 0 Å². The summed E-state index contributed by atoms with van der Waals surface area (Å²) >= 11 is 0. The molecule has 0 radical (unpaired) electrons. The molecule has 1 aromatic heterocycles. The number of aryl methyl sites for hydroxylation is 2. The van der Waals surface area contributed by atoms with Crippen molar-refractivity contribution in [3.05, 3.63) is 33.7 Å². The minimum absolute atomic E-state index is 0.0459. The van der Waals surface area contributed by atoms with Crippen LogP contribution in [-0.2, 0) is 0 Å². The van der Waals surface area contributed by atoms with Crippen molar-refractivity contribution in [2.24, 2.45) is 5.10 Å². The zero-order valence-corrected chi connectivity index (χ0v) is 9.87. The molecule has 1 aromatic rings. The van der Waals surface area contributed by atoms with Gasteiger partial charge in [0, 0.05) is 29.2 Å². The number of rotatable bonds is 3. The van der Waals surface area contributed by atoms with Gasteiger partial charge >= 0.3 is 0 Å². The van der Waals surface area contributed by atoms with E-state index in [0.717, 1.165) is 29.9 Å². The van der Waals surface area contributed by atoms with E-state index in [1.807, 2.05) is 25.4 Å². The highest BCUT2D eigenvalue weighted by Gasteiger charge is 2.00. The maximum atomic E-state index is 11.2. The van der Waals surface area contributed by atoms with E-state index >= 15 is 0 Å². The van der Waals surface area contributed by atoms with Crippen molar-refractivity contribution >= 4 is 5.71 Å². The fraction of sp³-hybridized carbons (Fsp3) is 0.500. The molecule has 0 aliphatic carbocycles. The third-order valence-corrected chi connectivity index (χ3v) is 2.25. The zero-order valence-electron chi connectivity index (χ0n) is 9.87. The lowest BCUT2D eigenvalue weighted by Gasteiger charge is -2.09. The van der Waals surface area contributed by atoms with Crippen molar-refractivity contribution < 1.29 is 0 Å². The van der Waals surface area contributed by atoms with Gasteiger partial charge in [-0.25, -0.2) is 4.68 Å². The summed E-state index contributed by atoms with van der Waals surface area (Å²) in [5.41, 5.74) is 2.91. The van der Waals surface area contributed by atoms with E-state index in [1.54, 1.807) is 12.1 Å². The van der Waals surface area contributed by atoms with Gasteiger partial charge in [-0.05, 0) is 27.2 Å². The van der Waals surface area contributed by atoms with Gasteiger partial charge in [0.15, 0.2) is 5.43 Å². The highest BCUT2D eigenvalue weighted by atomic mass is 16.1. The van der Waals surface area contributed by atoms with Gasteiger partial charge in [0.25, 0.3) is 0 Å². The van der Waals surface area contributed by atoms with Crippen LogP contribution in [0.3, 0.4) is 0 Å². The molecule has 0 aliphatic rings. The van der Waals surface area contributed by atoms with E-state index in [9.17, 15) is 4.79 Å². The van der Waals surface area contributed by atoms with Crippen molar-refractivity contribution in [1.29, 1.82) is 0 Å². The van der Waals surface area contributed by atoms with Crippen molar-refractivity contribution in [3.63, 3.8) is 0 Å². The maximum absolute atomic E-state index is 11.2. The summed E-state index contributed by atoms with van der Waals surface area (Å²) in [5, 5.41) is 4.48. The van der Waals surface area contributed by atoms with Gasteiger partial charge in [0.2, 0.25) is 0 Å². The standard InChI is InChI=1S/C12H18N2O/c1-5-6-9(2)13-14-10(3)7-12(15)8-11(14)4/h7-8H,5-6H2,1-4H3. The summed E-state index contributed by atoms with van der Waals surface area (Å²) in [7, 11) is 0. The van der Waals surface area contributed by atoms with Crippen LogP contribution in [-0.4, -0.2) is 10.4 Å². The SMILES string of the molecule is CCCC(C)=Nn1c(C)cc(=O)cc1C. The summed E-state index contributed by atoms with van der Waals surface area (Å²) < 4.78 is 1.83. The van der Waals surface area contributed by atoms with Crippen LogP contribution in [0.5, 0.6) is 0 Å². The van der Waals surface area contributed by atoms with Crippen molar-refractivity contribution in [1.82, 2.24) is 4.68 Å². The minimum Gasteiger partial charge on any atom is -0.290 e. The molecule has 0 spiro atoms. The Hall–Kier alpha value is -1.38. The second-order valence-electron chi connectivity index (χ2n) is 3.87. The quantitative estimate of drug-likeness (QED) is 0.700. The summed E-state index contributed by atoms with van der Waals surface area (Å²) in [6, 6.07) is 3.21. The molecule has 0 saturated carbocycles. The molecule has 1 heterocycles. The molecule has 0 bridgehead atoms. The average Bonchev–Trinajstić information content (AvgIpc) is 2.11. The molecule has 0 saturated heterocycles. The summed E-state index contributed by atoms with van der Waals surface area (Å²) in [4.78, 5) is 11.2. The Labute approximate surface area is 90.4 Å². The third kappa shape index (κ3) is 3.05. The minimum atomic E-state index is 0.0459. The molecule has 0 unspecified atom stereocenters. The second-order valence-corrected chi connectivity index (χ2v) is 3.87. The van der Waals surface area contributed by atoms with Crippen LogP contribution in [0.15, 0.2) is 22.0 Å². The smallest absolute Gasteiger partial charge is 0.182 e. The van der Waals surface area contributed by atoms with Gasteiger partial charge in [-0.2, -0.15) is 5.10 Å². The number of aromatic nitrogens is 1. The van der Waals surface area contributed by atoms with E-state index in [4.69, 9.17) is 0 Å². The second kappa shape index (κ2) is 4.91. The molecular formula is C12H18N2O. The van der Waals surface area contributed by atoms with Crippen LogP contribution in [0.25, 0.3) is 0 Å². The third-order valence-electron chi connectivity index (χ3n) is 2.25.